The molecule has 0 aromatic heterocycles. The Kier molecular flexibility index (Phi) is 10.6. The largest absolute Gasteiger partial charge is 0.352 e. The summed E-state index contributed by atoms with van der Waals surface area (Å²) < 4.78 is 28.9. The summed E-state index contributed by atoms with van der Waals surface area (Å²) in [5.41, 5.74) is 2.51. The number of carbonyl (C=O) groups is 2. The van der Waals surface area contributed by atoms with E-state index in [0.717, 1.165) is 47.5 Å². The van der Waals surface area contributed by atoms with E-state index in [1.165, 1.54) is 23.5 Å². The molecule has 0 radical (unpaired) electrons. The molecule has 1 aliphatic carbocycles. The van der Waals surface area contributed by atoms with Crippen LogP contribution in [0.5, 0.6) is 0 Å². The van der Waals surface area contributed by atoms with Gasteiger partial charge in [-0.25, -0.2) is 8.42 Å². The molecule has 1 aliphatic rings. The number of rotatable bonds is 12. The lowest BCUT2D eigenvalue weighted by atomic mass is 9.95. The Balaban J connectivity index is 1.62. The number of anilines is 1. The van der Waals surface area contributed by atoms with Gasteiger partial charge in [0.15, 0.2) is 0 Å². The molecule has 0 unspecified atom stereocenters. The van der Waals surface area contributed by atoms with Crippen molar-refractivity contribution >= 4 is 27.5 Å². The Morgan fingerprint density at radius 1 is 0.854 bits per heavy atom. The molecule has 0 spiro atoms. The van der Waals surface area contributed by atoms with E-state index in [0.29, 0.717) is 12.1 Å². The van der Waals surface area contributed by atoms with Gasteiger partial charge >= 0.3 is 0 Å². The zero-order valence-electron chi connectivity index (χ0n) is 24.0. The fourth-order valence-electron chi connectivity index (χ4n) is 5.29. The van der Waals surface area contributed by atoms with Crippen LogP contribution in [0.1, 0.15) is 57.1 Å². The lowest BCUT2D eigenvalue weighted by Crippen LogP contribution is -2.53. The predicted octanol–water partition coefficient (Wildman–Crippen LogP) is 5.35. The molecular formula is C33H41N3O4S. The quantitative estimate of drug-likeness (QED) is 0.315. The zero-order chi connectivity index (χ0) is 29.2. The molecule has 3 aromatic rings. The zero-order valence-corrected chi connectivity index (χ0v) is 24.9. The SMILES string of the molecule is CCc1ccc(N(CC(=O)N(CCc2ccccc2)[C@H](C)C(=O)NC2CCCCC2)S(=O)(=O)c2ccccc2)cc1. The topological polar surface area (TPSA) is 86.8 Å². The van der Waals surface area contributed by atoms with Crippen molar-refractivity contribution in [2.24, 2.45) is 0 Å². The molecular weight excluding hydrogens is 534 g/mol. The molecule has 2 amide bonds. The van der Waals surface area contributed by atoms with E-state index in [1.54, 1.807) is 37.3 Å². The summed E-state index contributed by atoms with van der Waals surface area (Å²) in [6.07, 6.45) is 6.57. The molecule has 0 aliphatic heterocycles. The van der Waals surface area contributed by atoms with Crippen LogP contribution in [0.4, 0.5) is 5.69 Å². The van der Waals surface area contributed by atoms with Crippen LogP contribution < -0.4 is 9.62 Å². The highest BCUT2D eigenvalue weighted by Gasteiger charge is 2.33. The number of carbonyl (C=O) groups excluding carboxylic acids is 2. The minimum atomic E-state index is -4.05. The van der Waals surface area contributed by atoms with Gasteiger partial charge in [-0.15, -0.1) is 0 Å². The average Bonchev–Trinajstić information content (AvgIpc) is 3.01. The fraction of sp³-hybridized carbons (Fsp3) is 0.394. The van der Waals surface area contributed by atoms with Gasteiger partial charge in [0.1, 0.15) is 12.6 Å². The first-order chi connectivity index (χ1) is 19.8. The van der Waals surface area contributed by atoms with Crippen LogP contribution >= 0.6 is 0 Å². The van der Waals surface area contributed by atoms with Crippen LogP contribution in [0, 0.1) is 0 Å². The molecule has 1 atom stereocenters. The number of nitrogens with zero attached hydrogens (tertiary/aromatic N) is 2. The lowest BCUT2D eigenvalue weighted by molar-refractivity contribution is -0.139. The fourth-order valence-corrected chi connectivity index (χ4v) is 6.72. The minimum absolute atomic E-state index is 0.103. The average molecular weight is 576 g/mol. The Morgan fingerprint density at radius 2 is 1.46 bits per heavy atom. The van der Waals surface area contributed by atoms with Gasteiger partial charge in [-0.05, 0) is 68.0 Å². The third-order valence-electron chi connectivity index (χ3n) is 7.85. The molecule has 41 heavy (non-hydrogen) atoms. The van der Waals surface area contributed by atoms with E-state index in [1.807, 2.05) is 49.4 Å². The van der Waals surface area contributed by atoms with Crippen molar-refractivity contribution in [3.63, 3.8) is 0 Å². The van der Waals surface area contributed by atoms with Crippen molar-refractivity contribution in [1.82, 2.24) is 10.2 Å². The Bertz CT molecular complexity index is 1370. The highest BCUT2D eigenvalue weighted by molar-refractivity contribution is 7.92. The van der Waals surface area contributed by atoms with E-state index >= 15 is 0 Å². The number of nitrogens with one attached hydrogen (secondary N) is 1. The number of aryl methyl sites for hydroxylation is 1. The normalized spacial score (nSPS) is 14.7. The summed E-state index contributed by atoms with van der Waals surface area (Å²) in [6, 6.07) is 24.5. The molecule has 4 rings (SSSR count). The van der Waals surface area contributed by atoms with Crippen molar-refractivity contribution < 1.29 is 18.0 Å². The standard InChI is InChI=1S/C33H41N3O4S/c1-3-27-19-21-30(22-20-27)36(41(39,40)31-17-11-6-12-18-31)25-32(37)35(24-23-28-13-7-4-8-14-28)26(2)33(38)34-29-15-9-5-10-16-29/h4,6-8,11-14,17-22,26,29H,3,5,9-10,15-16,23-25H2,1-2H3,(H,34,38)/t26-/m1/s1. The number of amides is 2. The molecule has 8 heteroatoms. The number of benzene rings is 3. The summed E-state index contributed by atoms with van der Waals surface area (Å²) in [5.74, 6) is -0.630. The molecule has 218 valence electrons. The molecule has 3 aromatic carbocycles. The first kappa shape index (κ1) is 30.3. The second-order valence-electron chi connectivity index (χ2n) is 10.7. The van der Waals surface area contributed by atoms with E-state index < -0.39 is 28.5 Å². The van der Waals surface area contributed by atoms with Gasteiger partial charge in [-0.1, -0.05) is 86.8 Å². The second kappa shape index (κ2) is 14.3. The van der Waals surface area contributed by atoms with Gasteiger partial charge in [-0.2, -0.15) is 0 Å². The maximum absolute atomic E-state index is 14.0. The van der Waals surface area contributed by atoms with Gasteiger partial charge in [0.25, 0.3) is 10.0 Å². The summed E-state index contributed by atoms with van der Waals surface area (Å²) in [6.45, 7) is 3.63. The highest BCUT2D eigenvalue weighted by atomic mass is 32.2. The van der Waals surface area contributed by atoms with E-state index in [-0.39, 0.29) is 23.4 Å². The van der Waals surface area contributed by atoms with Crippen LogP contribution in [-0.2, 0) is 32.5 Å². The van der Waals surface area contributed by atoms with Crippen molar-refractivity contribution in [3.8, 4) is 0 Å². The summed E-state index contributed by atoms with van der Waals surface area (Å²) in [5, 5.41) is 3.14. The van der Waals surface area contributed by atoms with Gasteiger partial charge < -0.3 is 10.2 Å². The molecule has 7 nitrogen and oxygen atoms in total. The summed E-state index contributed by atoms with van der Waals surface area (Å²) >= 11 is 0. The molecule has 0 saturated heterocycles. The van der Waals surface area contributed by atoms with Gasteiger partial charge in [0.2, 0.25) is 11.8 Å². The van der Waals surface area contributed by atoms with E-state index in [2.05, 4.69) is 5.32 Å². The molecule has 0 bridgehead atoms. The van der Waals surface area contributed by atoms with Crippen molar-refractivity contribution in [3.05, 3.63) is 96.1 Å². The summed E-state index contributed by atoms with van der Waals surface area (Å²) in [7, 11) is -4.05. The Hall–Kier alpha value is -3.65. The van der Waals surface area contributed by atoms with Gasteiger partial charge in [-0.3, -0.25) is 13.9 Å². The first-order valence-corrected chi connectivity index (χ1v) is 16.0. The van der Waals surface area contributed by atoms with Crippen LogP contribution in [0.3, 0.4) is 0 Å². The van der Waals surface area contributed by atoms with Crippen LogP contribution in [0.15, 0.2) is 89.8 Å². The predicted molar refractivity (Wildman–Crippen MR) is 163 cm³/mol. The Labute approximate surface area is 244 Å². The third-order valence-corrected chi connectivity index (χ3v) is 9.63. The summed E-state index contributed by atoms with van der Waals surface area (Å²) in [4.78, 5) is 29.0. The third kappa shape index (κ3) is 7.97. The maximum Gasteiger partial charge on any atom is 0.264 e. The highest BCUT2D eigenvalue weighted by Crippen LogP contribution is 2.25. The minimum Gasteiger partial charge on any atom is -0.352 e. The van der Waals surface area contributed by atoms with Gasteiger partial charge in [0.05, 0.1) is 10.6 Å². The van der Waals surface area contributed by atoms with Crippen LogP contribution in [0.25, 0.3) is 0 Å². The lowest BCUT2D eigenvalue weighted by Gasteiger charge is -2.33. The maximum atomic E-state index is 14.0. The Morgan fingerprint density at radius 3 is 2.07 bits per heavy atom. The van der Waals surface area contributed by atoms with Gasteiger partial charge in [0, 0.05) is 12.6 Å². The molecule has 1 N–H and O–H groups in total. The van der Waals surface area contributed by atoms with E-state index in [4.69, 9.17) is 0 Å². The molecule has 0 heterocycles. The molecule has 1 saturated carbocycles. The van der Waals surface area contributed by atoms with Crippen LogP contribution in [-0.4, -0.2) is 50.3 Å². The first-order valence-electron chi connectivity index (χ1n) is 14.6. The monoisotopic (exact) mass is 575 g/mol. The molecule has 1 fully saturated rings. The van der Waals surface area contributed by atoms with Crippen molar-refractivity contribution in [2.45, 2.75) is 75.8 Å². The number of sulfonamides is 1. The second-order valence-corrected chi connectivity index (χ2v) is 12.5. The van der Waals surface area contributed by atoms with Crippen molar-refractivity contribution in [1.29, 1.82) is 0 Å². The van der Waals surface area contributed by atoms with E-state index in [9.17, 15) is 18.0 Å². The number of hydrogen-bond donors (Lipinski definition) is 1. The number of hydrogen-bond acceptors (Lipinski definition) is 4. The smallest absolute Gasteiger partial charge is 0.264 e. The van der Waals surface area contributed by atoms with Crippen molar-refractivity contribution in [2.75, 3.05) is 17.4 Å². The van der Waals surface area contributed by atoms with Crippen LogP contribution in [0.2, 0.25) is 0 Å².